The first kappa shape index (κ1) is 25.6. The number of nitrogens with zero attached hydrogens (tertiary/aromatic N) is 4. The van der Waals surface area contributed by atoms with E-state index in [4.69, 9.17) is 10.8 Å². The number of rotatable bonds is 8. The highest BCUT2D eigenvalue weighted by Gasteiger charge is 2.20. The lowest BCUT2D eigenvalue weighted by molar-refractivity contribution is 0.0966. The van der Waals surface area contributed by atoms with Crippen LogP contribution in [0.4, 0.5) is 5.69 Å². The van der Waals surface area contributed by atoms with Gasteiger partial charge in [-0.3, -0.25) is 15.6 Å². The van der Waals surface area contributed by atoms with Gasteiger partial charge in [-0.05, 0) is 68.5 Å². The average Bonchev–Trinajstić information content (AvgIpc) is 2.83. The number of nitrogens with one attached hydrogen (secondary N) is 3. The Balaban J connectivity index is 1.67. The van der Waals surface area contributed by atoms with Crippen LogP contribution in [-0.4, -0.2) is 45.5 Å². The zero-order chi connectivity index (χ0) is 25.5. The van der Waals surface area contributed by atoms with Crippen molar-refractivity contribution in [2.24, 2.45) is 0 Å². The summed E-state index contributed by atoms with van der Waals surface area (Å²) >= 11 is 0. The fraction of sp³-hybridized carbons (Fsp3) is 0.296. The van der Waals surface area contributed by atoms with Crippen LogP contribution >= 0.6 is 0 Å². The molecular formula is C27H33N7O. The Bertz CT molecular complexity index is 1180. The molecule has 8 heteroatoms. The van der Waals surface area contributed by atoms with E-state index in [1.807, 2.05) is 33.8 Å². The van der Waals surface area contributed by atoms with Crippen LogP contribution in [0.25, 0.3) is 0 Å². The minimum atomic E-state index is -0.205. The molecule has 1 aromatic heterocycles. The Hall–Kier alpha value is -4.07. The van der Waals surface area contributed by atoms with Crippen molar-refractivity contribution in [2.45, 2.75) is 46.7 Å². The lowest BCUT2D eigenvalue weighted by Gasteiger charge is -2.30. The van der Waals surface area contributed by atoms with Crippen molar-refractivity contribution < 1.29 is 4.79 Å². The van der Waals surface area contributed by atoms with Crippen molar-refractivity contribution in [3.8, 4) is 0 Å². The van der Waals surface area contributed by atoms with Gasteiger partial charge in [0.25, 0.3) is 5.91 Å². The number of benzene rings is 1. The van der Waals surface area contributed by atoms with Crippen molar-refractivity contribution in [1.29, 1.82) is 10.8 Å². The summed E-state index contributed by atoms with van der Waals surface area (Å²) in [5.41, 5.74) is 6.06. The first-order chi connectivity index (χ1) is 16.7. The van der Waals surface area contributed by atoms with Crippen LogP contribution < -0.4 is 10.2 Å². The molecule has 0 fully saturated rings. The summed E-state index contributed by atoms with van der Waals surface area (Å²) in [4.78, 5) is 25.0. The molecule has 0 aliphatic carbocycles. The van der Waals surface area contributed by atoms with Gasteiger partial charge in [0.2, 0.25) is 0 Å². The van der Waals surface area contributed by atoms with E-state index < -0.39 is 0 Å². The third kappa shape index (κ3) is 6.29. The topological polar surface area (TPSA) is 109 Å². The summed E-state index contributed by atoms with van der Waals surface area (Å²) in [5.74, 6) is 0.0541. The van der Waals surface area contributed by atoms with Crippen molar-refractivity contribution in [3.63, 3.8) is 0 Å². The predicted molar refractivity (Wildman–Crippen MR) is 141 cm³/mol. The van der Waals surface area contributed by atoms with Crippen molar-refractivity contribution >= 4 is 23.8 Å². The molecule has 35 heavy (non-hydrogen) atoms. The molecule has 182 valence electrons. The molecule has 0 saturated carbocycles. The van der Waals surface area contributed by atoms with Crippen LogP contribution in [0.15, 0.2) is 66.9 Å². The lowest BCUT2D eigenvalue weighted by atomic mass is 9.93. The second-order valence-electron chi connectivity index (χ2n) is 8.87. The molecule has 0 saturated heterocycles. The predicted octanol–water partition coefficient (Wildman–Crippen LogP) is 4.39. The summed E-state index contributed by atoms with van der Waals surface area (Å²) < 4.78 is 0. The Labute approximate surface area is 207 Å². The summed E-state index contributed by atoms with van der Waals surface area (Å²) in [6.45, 7) is 13.1. The molecule has 0 unspecified atom stereocenters. The minimum absolute atomic E-state index is 0.0227. The largest absolute Gasteiger partial charge is 0.364 e. The van der Waals surface area contributed by atoms with Gasteiger partial charge < -0.3 is 15.1 Å². The third-order valence-corrected chi connectivity index (χ3v) is 5.96. The number of amides is 1. The van der Waals surface area contributed by atoms with E-state index in [2.05, 4.69) is 32.8 Å². The molecule has 3 rings (SSSR count). The van der Waals surface area contributed by atoms with E-state index in [1.54, 1.807) is 35.5 Å². The molecule has 1 aliphatic rings. The van der Waals surface area contributed by atoms with E-state index in [-0.39, 0.29) is 17.8 Å². The highest BCUT2D eigenvalue weighted by Crippen LogP contribution is 2.26. The number of fused-ring (bicyclic) bond motifs is 1. The molecule has 1 aromatic carbocycles. The zero-order valence-corrected chi connectivity index (χ0v) is 20.8. The summed E-state index contributed by atoms with van der Waals surface area (Å²) in [6, 6.07) is 4.09. The number of anilines is 1. The van der Waals surface area contributed by atoms with Gasteiger partial charge >= 0.3 is 0 Å². The Morgan fingerprint density at radius 3 is 2.63 bits per heavy atom. The SMILES string of the molecule is C=C(/C=C\C=C(/C)C(=N)N(C=N)C(C)C)NC(=O)c1cc2c(cc1C)CCN(c1cncnc1)C2. The number of allylic oxidation sites excluding steroid dienone is 3. The van der Waals surface area contributed by atoms with Gasteiger partial charge in [0.05, 0.1) is 24.4 Å². The maximum atomic E-state index is 13.0. The number of carbonyl (C=O) groups excluding carboxylic acids is 1. The van der Waals surface area contributed by atoms with Gasteiger partial charge in [-0.2, -0.15) is 0 Å². The summed E-state index contributed by atoms with van der Waals surface area (Å²) in [6.07, 6.45) is 12.4. The van der Waals surface area contributed by atoms with Crippen LogP contribution in [0.1, 0.15) is 47.8 Å². The smallest absolute Gasteiger partial charge is 0.255 e. The summed E-state index contributed by atoms with van der Waals surface area (Å²) in [7, 11) is 0. The second-order valence-corrected chi connectivity index (χ2v) is 8.87. The molecule has 0 radical (unpaired) electrons. The molecule has 0 spiro atoms. The Morgan fingerprint density at radius 1 is 1.26 bits per heavy atom. The van der Waals surface area contributed by atoms with Crippen molar-refractivity contribution in [2.75, 3.05) is 11.4 Å². The van der Waals surface area contributed by atoms with Gasteiger partial charge in [-0.15, -0.1) is 0 Å². The molecule has 1 aliphatic heterocycles. The van der Waals surface area contributed by atoms with Crippen LogP contribution in [0.2, 0.25) is 0 Å². The maximum Gasteiger partial charge on any atom is 0.255 e. The fourth-order valence-corrected chi connectivity index (χ4v) is 3.97. The summed E-state index contributed by atoms with van der Waals surface area (Å²) in [5, 5.41) is 18.6. The molecule has 8 nitrogen and oxygen atoms in total. The monoisotopic (exact) mass is 471 g/mol. The number of hydrogen-bond donors (Lipinski definition) is 3. The van der Waals surface area contributed by atoms with Gasteiger partial charge in [0.1, 0.15) is 12.2 Å². The average molecular weight is 472 g/mol. The van der Waals surface area contributed by atoms with E-state index in [1.165, 1.54) is 11.9 Å². The van der Waals surface area contributed by atoms with Crippen LogP contribution in [0.5, 0.6) is 0 Å². The number of carbonyl (C=O) groups is 1. The first-order valence-electron chi connectivity index (χ1n) is 11.6. The van der Waals surface area contributed by atoms with E-state index in [0.29, 0.717) is 23.4 Å². The lowest BCUT2D eigenvalue weighted by Crippen LogP contribution is -2.35. The molecule has 2 heterocycles. The highest BCUT2D eigenvalue weighted by molar-refractivity contribution is 6.01. The van der Waals surface area contributed by atoms with Crippen LogP contribution in [-0.2, 0) is 13.0 Å². The molecule has 0 bridgehead atoms. The standard InChI is InChI=1S/C27H33N7O/c1-18(2)34(16-28)26(29)19(3)7-6-8-21(5)32-27(35)25-12-23-15-33(24-13-30-17-31-14-24)10-9-22(23)11-20(25)4/h6-8,11-14,16-18,28-29H,5,9-10,15H2,1-4H3,(H,32,35)/b8-6-,19-7+,28-16?,29-26?. The number of hydrogen-bond acceptors (Lipinski definition) is 6. The maximum absolute atomic E-state index is 13.0. The molecule has 0 atom stereocenters. The number of amidine groups is 1. The van der Waals surface area contributed by atoms with E-state index in [0.717, 1.165) is 36.1 Å². The second kappa shape index (κ2) is 11.4. The third-order valence-electron chi connectivity index (χ3n) is 5.96. The minimum Gasteiger partial charge on any atom is -0.364 e. The van der Waals surface area contributed by atoms with Crippen LogP contribution in [0, 0.1) is 17.7 Å². The highest BCUT2D eigenvalue weighted by atomic mass is 16.1. The molecule has 3 N–H and O–H groups in total. The van der Waals surface area contributed by atoms with E-state index in [9.17, 15) is 4.79 Å². The van der Waals surface area contributed by atoms with Gasteiger partial charge in [-0.25, -0.2) is 9.97 Å². The number of aromatic nitrogens is 2. The normalized spacial score (nSPS) is 13.5. The van der Waals surface area contributed by atoms with Crippen molar-refractivity contribution in [1.82, 2.24) is 20.2 Å². The fourth-order valence-electron chi connectivity index (χ4n) is 3.97. The number of aryl methyl sites for hydroxylation is 1. The first-order valence-corrected chi connectivity index (χ1v) is 11.6. The Morgan fingerprint density at radius 2 is 1.97 bits per heavy atom. The van der Waals surface area contributed by atoms with Gasteiger partial charge in [0.15, 0.2) is 0 Å². The zero-order valence-electron chi connectivity index (χ0n) is 20.8. The van der Waals surface area contributed by atoms with Gasteiger partial charge in [-0.1, -0.05) is 24.8 Å². The van der Waals surface area contributed by atoms with Crippen molar-refractivity contribution in [3.05, 3.63) is 89.2 Å². The van der Waals surface area contributed by atoms with Crippen LogP contribution in [0.3, 0.4) is 0 Å². The quantitative estimate of drug-likeness (QED) is 0.301. The Kier molecular flexibility index (Phi) is 8.30. The molecule has 2 aromatic rings. The van der Waals surface area contributed by atoms with E-state index >= 15 is 0 Å². The molecular weight excluding hydrogens is 438 g/mol. The van der Waals surface area contributed by atoms with Gasteiger partial charge in [0, 0.05) is 30.4 Å². The molecule has 1 amide bonds.